The van der Waals surface area contributed by atoms with E-state index in [1.807, 2.05) is 6.07 Å². The van der Waals surface area contributed by atoms with E-state index in [0.717, 1.165) is 50.6 Å². The quantitative estimate of drug-likeness (QED) is 0.211. The minimum atomic E-state index is -1.07. The molecule has 1 aromatic carbocycles. The van der Waals surface area contributed by atoms with Crippen LogP contribution in [-0.4, -0.2) is 76.2 Å². The summed E-state index contributed by atoms with van der Waals surface area (Å²) >= 11 is 6.39. The van der Waals surface area contributed by atoms with Crippen LogP contribution in [0.15, 0.2) is 29.3 Å². The fourth-order valence-corrected chi connectivity index (χ4v) is 5.70. The topological polar surface area (TPSA) is 189 Å². The first kappa shape index (κ1) is 29.2. The summed E-state index contributed by atoms with van der Waals surface area (Å²) in [5.74, 6) is -1.00. The number of likely N-dealkylation sites (tertiary alicyclic amines) is 1. The molecule has 2 aromatic rings. The lowest BCUT2D eigenvalue weighted by Gasteiger charge is -2.32. The Kier molecular flexibility index (Phi) is 9.86. The molecule has 1 aliphatic carbocycles. The Morgan fingerprint density at radius 1 is 1.15 bits per heavy atom. The molecular formula is C27H36ClN7O5. The van der Waals surface area contributed by atoms with Crippen molar-refractivity contribution in [2.24, 2.45) is 22.4 Å². The van der Waals surface area contributed by atoms with Gasteiger partial charge in [-0.05, 0) is 55.9 Å². The molecule has 12 nitrogen and oxygen atoms in total. The van der Waals surface area contributed by atoms with Crippen LogP contribution >= 0.6 is 11.6 Å². The largest absolute Gasteiger partial charge is 0.482 e. The van der Waals surface area contributed by atoms with E-state index in [0.29, 0.717) is 35.1 Å². The van der Waals surface area contributed by atoms with E-state index in [9.17, 15) is 14.4 Å². The van der Waals surface area contributed by atoms with Crippen molar-refractivity contribution in [1.29, 1.82) is 0 Å². The lowest BCUT2D eigenvalue weighted by atomic mass is 9.83. The number of ether oxygens (including phenoxy) is 1. The van der Waals surface area contributed by atoms with Crippen LogP contribution in [0.1, 0.15) is 56.6 Å². The van der Waals surface area contributed by atoms with E-state index in [1.165, 1.54) is 0 Å². The minimum Gasteiger partial charge on any atom is -0.482 e. The van der Waals surface area contributed by atoms with Crippen molar-refractivity contribution in [3.8, 4) is 17.0 Å². The molecule has 0 radical (unpaired) electrons. The number of guanidine groups is 1. The molecule has 1 aliphatic heterocycles. The number of aliphatic imine (C=N–C) groups is 1. The van der Waals surface area contributed by atoms with Crippen LogP contribution in [0.3, 0.4) is 0 Å². The van der Waals surface area contributed by atoms with Gasteiger partial charge in [-0.25, -0.2) is 9.79 Å². The number of hydrogen-bond acceptors (Lipinski definition) is 6. The number of piperidine rings is 1. The average molecular weight is 574 g/mol. The van der Waals surface area contributed by atoms with Crippen molar-refractivity contribution in [3.63, 3.8) is 0 Å². The van der Waals surface area contributed by atoms with Gasteiger partial charge in [0.15, 0.2) is 12.6 Å². The summed E-state index contributed by atoms with van der Waals surface area (Å²) in [6.45, 7) is 0.578. The summed E-state index contributed by atoms with van der Waals surface area (Å²) in [5.41, 5.74) is 13.5. The Hall–Kier alpha value is -3.80. The second-order valence-corrected chi connectivity index (χ2v) is 10.7. The summed E-state index contributed by atoms with van der Waals surface area (Å²) < 4.78 is 5.17. The predicted molar refractivity (Wildman–Crippen MR) is 150 cm³/mol. The highest BCUT2D eigenvalue weighted by Gasteiger charge is 2.31. The average Bonchev–Trinajstić information content (AvgIpc) is 3.44. The van der Waals surface area contributed by atoms with Gasteiger partial charge in [0.2, 0.25) is 11.8 Å². The van der Waals surface area contributed by atoms with E-state index in [1.54, 1.807) is 23.1 Å². The van der Waals surface area contributed by atoms with Gasteiger partial charge in [-0.15, -0.1) is 0 Å². The van der Waals surface area contributed by atoms with Crippen molar-refractivity contribution in [2.45, 2.75) is 56.9 Å². The first-order chi connectivity index (χ1) is 19.2. The molecule has 1 saturated heterocycles. The maximum atomic E-state index is 12.9. The van der Waals surface area contributed by atoms with Crippen LogP contribution in [0.2, 0.25) is 5.02 Å². The number of carbonyl (C=O) groups is 3. The SMILES string of the molecule is NC(N)=N[C@@H](C(=O)NCC(=O)N1CCC(c2cc(-c3ccc(OCC(=O)O)cc3Cl)n[nH]2)CC1)C1CCCCC1. The summed E-state index contributed by atoms with van der Waals surface area (Å²) in [7, 11) is 0. The van der Waals surface area contributed by atoms with Crippen molar-refractivity contribution < 1.29 is 24.2 Å². The molecule has 4 rings (SSSR count). The highest BCUT2D eigenvalue weighted by Crippen LogP contribution is 2.34. The van der Waals surface area contributed by atoms with Gasteiger partial charge in [0, 0.05) is 30.3 Å². The highest BCUT2D eigenvalue weighted by molar-refractivity contribution is 6.33. The number of aromatic nitrogens is 2. The minimum absolute atomic E-state index is 0.0825. The first-order valence-corrected chi connectivity index (χ1v) is 13.9. The molecule has 0 bridgehead atoms. The molecule has 40 heavy (non-hydrogen) atoms. The van der Waals surface area contributed by atoms with Crippen LogP contribution < -0.4 is 21.5 Å². The summed E-state index contributed by atoms with van der Waals surface area (Å²) in [6, 6.07) is 6.22. The normalized spacial score (nSPS) is 17.2. The van der Waals surface area contributed by atoms with Gasteiger partial charge in [0.05, 0.1) is 17.3 Å². The number of amides is 2. The van der Waals surface area contributed by atoms with Crippen LogP contribution in [0.25, 0.3) is 11.3 Å². The van der Waals surface area contributed by atoms with Crippen molar-refractivity contribution >= 4 is 35.3 Å². The van der Waals surface area contributed by atoms with Crippen LogP contribution in [-0.2, 0) is 14.4 Å². The third kappa shape index (κ3) is 7.65. The number of carbonyl (C=O) groups excluding carboxylic acids is 2. The summed E-state index contributed by atoms with van der Waals surface area (Å²) in [6.07, 6.45) is 6.51. The van der Waals surface area contributed by atoms with Gasteiger partial charge in [0.1, 0.15) is 11.8 Å². The van der Waals surface area contributed by atoms with Gasteiger partial charge >= 0.3 is 5.97 Å². The van der Waals surface area contributed by atoms with E-state index in [2.05, 4.69) is 20.5 Å². The zero-order valence-electron chi connectivity index (χ0n) is 22.3. The number of nitrogens with zero attached hydrogens (tertiary/aromatic N) is 3. The number of benzene rings is 1. The maximum Gasteiger partial charge on any atom is 0.341 e. The molecule has 2 fully saturated rings. The molecule has 1 aromatic heterocycles. The second-order valence-electron chi connectivity index (χ2n) is 10.3. The van der Waals surface area contributed by atoms with Gasteiger partial charge < -0.3 is 31.5 Å². The monoisotopic (exact) mass is 573 g/mol. The molecule has 7 N–H and O–H groups in total. The van der Waals surface area contributed by atoms with Crippen LogP contribution in [0.4, 0.5) is 0 Å². The first-order valence-electron chi connectivity index (χ1n) is 13.5. The predicted octanol–water partition coefficient (Wildman–Crippen LogP) is 2.24. The number of rotatable bonds is 10. The molecule has 0 unspecified atom stereocenters. The molecular weight excluding hydrogens is 538 g/mol. The van der Waals surface area contributed by atoms with E-state index in [-0.39, 0.29) is 36.2 Å². The molecule has 0 spiro atoms. The van der Waals surface area contributed by atoms with Crippen LogP contribution in [0.5, 0.6) is 5.75 Å². The number of carboxylic acids is 1. The zero-order chi connectivity index (χ0) is 28.6. The van der Waals surface area contributed by atoms with E-state index < -0.39 is 18.6 Å². The lowest BCUT2D eigenvalue weighted by Crippen LogP contribution is -2.47. The molecule has 2 amide bonds. The second kappa shape index (κ2) is 13.5. The molecule has 216 valence electrons. The number of nitrogens with one attached hydrogen (secondary N) is 2. The van der Waals surface area contributed by atoms with Gasteiger partial charge in [-0.1, -0.05) is 30.9 Å². The van der Waals surface area contributed by atoms with E-state index in [4.69, 9.17) is 32.9 Å². The highest BCUT2D eigenvalue weighted by atomic mass is 35.5. The number of halogens is 1. The number of hydrogen-bond donors (Lipinski definition) is 5. The molecule has 1 saturated carbocycles. The Labute approximate surface area is 237 Å². The van der Waals surface area contributed by atoms with Crippen molar-refractivity contribution in [1.82, 2.24) is 20.4 Å². The summed E-state index contributed by atoms with van der Waals surface area (Å²) in [4.78, 5) is 42.4. The van der Waals surface area contributed by atoms with Crippen LogP contribution in [0, 0.1) is 5.92 Å². The lowest BCUT2D eigenvalue weighted by molar-refractivity contribution is -0.139. The number of carboxylic acid groups (broad SMARTS) is 1. The third-order valence-corrected chi connectivity index (χ3v) is 7.84. The number of aliphatic carboxylic acids is 1. The smallest absolute Gasteiger partial charge is 0.341 e. The Bertz CT molecular complexity index is 1230. The summed E-state index contributed by atoms with van der Waals surface area (Å²) in [5, 5.41) is 19.4. The van der Waals surface area contributed by atoms with Crippen molar-refractivity contribution in [3.05, 3.63) is 35.0 Å². The Morgan fingerprint density at radius 2 is 1.88 bits per heavy atom. The molecule has 2 heterocycles. The van der Waals surface area contributed by atoms with Gasteiger partial charge in [-0.3, -0.25) is 14.7 Å². The van der Waals surface area contributed by atoms with E-state index >= 15 is 0 Å². The Balaban J connectivity index is 1.28. The van der Waals surface area contributed by atoms with Crippen molar-refractivity contribution in [2.75, 3.05) is 26.2 Å². The zero-order valence-corrected chi connectivity index (χ0v) is 23.0. The standard InChI is InChI=1S/C27H36ClN7O5/c28-20-12-18(40-15-24(37)38)6-7-19(20)22-13-21(33-34-22)16-8-10-35(11-9-16)23(36)14-31-26(39)25(32-27(29)30)17-4-2-1-3-5-17/h6-7,12-13,16-17,25H,1-5,8-11,14-15H2,(H,31,39)(H,33,34)(H,37,38)(H4,29,30,32)/t25-/m1/s1. The molecule has 13 heteroatoms. The Morgan fingerprint density at radius 3 is 2.52 bits per heavy atom. The molecule has 2 aliphatic rings. The fraction of sp³-hybridized carbons (Fsp3) is 0.519. The fourth-order valence-electron chi connectivity index (χ4n) is 5.43. The number of aromatic amines is 1. The number of nitrogens with two attached hydrogens (primary N) is 2. The maximum absolute atomic E-state index is 12.9. The molecule has 1 atom stereocenters. The van der Waals surface area contributed by atoms with Gasteiger partial charge in [-0.2, -0.15) is 5.10 Å². The third-order valence-electron chi connectivity index (χ3n) is 7.53. The van der Waals surface area contributed by atoms with Gasteiger partial charge in [0.25, 0.3) is 0 Å². The number of H-pyrrole nitrogens is 1.